The van der Waals surface area contributed by atoms with Gasteiger partial charge in [-0.1, -0.05) is 18.2 Å². The minimum Gasteiger partial charge on any atom is -0.245 e. The summed E-state index contributed by atoms with van der Waals surface area (Å²) in [7, 11) is 0. The molecule has 0 aromatic carbocycles. The van der Waals surface area contributed by atoms with Crippen LogP contribution in [-0.2, 0) is 0 Å². The molecule has 0 aliphatic heterocycles. The van der Waals surface area contributed by atoms with Crippen molar-refractivity contribution in [3.05, 3.63) is 27.5 Å². The molecule has 2 heteroatoms. The Bertz CT molecular complexity index is 359. The molecule has 0 unspecified atom stereocenters. The summed E-state index contributed by atoms with van der Waals surface area (Å²) in [6.45, 7) is 0. The second-order valence-electron chi connectivity index (χ2n) is 2.14. The van der Waals surface area contributed by atoms with E-state index in [-0.39, 0.29) is 0 Å². The average molecular weight is 149 g/mol. The Kier molecular flexibility index (Phi) is 1.40. The number of fused-ring (bicyclic) bond motifs is 1. The highest BCUT2D eigenvalue weighted by Crippen LogP contribution is 1.89. The minimum absolute atomic E-state index is 1.01. The molecule has 1 aliphatic carbocycles. The van der Waals surface area contributed by atoms with Crippen molar-refractivity contribution < 1.29 is 0 Å². The maximum Gasteiger partial charge on any atom is 0.0805 e. The molecule has 0 radical (unpaired) electrons. The van der Waals surface area contributed by atoms with Gasteiger partial charge in [-0.25, -0.2) is 4.98 Å². The van der Waals surface area contributed by atoms with Gasteiger partial charge in [0.1, 0.15) is 0 Å². The molecule has 1 aliphatic rings. The molecule has 0 fully saturated rings. The van der Waals surface area contributed by atoms with E-state index in [1.165, 1.54) is 4.53 Å². The molecule has 50 valence electrons. The van der Waals surface area contributed by atoms with E-state index in [4.69, 9.17) is 0 Å². The molecule has 0 spiro atoms. The van der Waals surface area contributed by atoms with Crippen LogP contribution in [0.25, 0.3) is 12.2 Å². The Morgan fingerprint density at radius 3 is 3.50 bits per heavy atom. The van der Waals surface area contributed by atoms with Gasteiger partial charge in [-0.15, -0.1) is 11.3 Å². The summed E-state index contributed by atoms with van der Waals surface area (Å²) in [5, 5.41) is 1.13. The van der Waals surface area contributed by atoms with Gasteiger partial charge in [0.25, 0.3) is 0 Å². The van der Waals surface area contributed by atoms with Crippen LogP contribution in [-0.4, -0.2) is 4.98 Å². The maximum absolute atomic E-state index is 4.21. The summed E-state index contributed by atoms with van der Waals surface area (Å²) in [5.41, 5.74) is 1.89. The van der Waals surface area contributed by atoms with Crippen molar-refractivity contribution in [1.82, 2.24) is 4.98 Å². The average Bonchev–Trinajstić information content (AvgIpc) is 2.28. The van der Waals surface area contributed by atoms with Gasteiger partial charge in [0.05, 0.1) is 15.4 Å². The first-order valence-corrected chi connectivity index (χ1v) is 4.11. The van der Waals surface area contributed by atoms with Crippen LogP contribution in [0.1, 0.15) is 6.42 Å². The minimum atomic E-state index is 1.01. The fourth-order valence-corrected chi connectivity index (χ4v) is 1.65. The molecule has 0 saturated carbocycles. The van der Waals surface area contributed by atoms with E-state index in [1.54, 1.807) is 11.3 Å². The second kappa shape index (κ2) is 2.39. The van der Waals surface area contributed by atoms with Gasteiger partial charge < -0.3 is 0 Å². The van der Waals surface area contributed by atoms with Crippen molar-refractivity contribution in [3.8, 4) is 0 Å². The summed E-state index contributed by atoms with van der Waals surface area (Å²) >= 11 is 1.69. The highest BCUT2D eigenvalue weighted by molar-refractivity contribution is 7.07. The van der Waals surface area contributed by atoms with Crippen LogP contribution in [0.15, 0.2) is 17.7 Å². The van der Waals surface area contributed by atoms with Gasteiger partial charge >= 0.3 is 0 Å². The molecule has 1 aromatic rings. The molecule has 1 nitrogen and oxygen atoms in total. The van der Waals surface area contributed by atoms with E-state index < -0.39 is 0 Å². The molecular weight excluding hydrogens is 142 g/mol. The number of hydrogen-bond acceptors (Lipinski definition) is 2. The zero-order valence-electron chi connectivity index (χ0n) is 5.45. The first-order valence-electron chi connectivity index (χ1n) is 3.23. The van der Waals surface area contributed by atoms with Crippen LogP contribution in [0.2, 0.25) is 0 Å². The van der Waals surface area contributed by atoms with Gasteiger partial charge in [0, 0.05) is 0 Å². The normalized spacial score (nSPS) is 14.8. The zero-order valence-corrected chi connectivity index (χ0v) is 6.27. The first kappa shape index (κ1) is 5.86. The lowest BCUT2D eigenvalue weighted by Gasteiger charge is -1.72. The fraction of sp³-hybridized carbons (Fsp3) is 0.125. The van der Waals surface area contributed by atoms with Crippen molar-refractivity contribution >= 4 is 23.5 Å². The molecule has 0 atom stereocenters. The van der Waals surface area contributed by atoms with Gasteiger partial charge in [-0.05, 0) is 12.5 Å². The van der Waals surface area contributed by atoms with Gasteiger partial charge in [-0.3, -0.25) is 0 Å². The van der Waals surface area contributed by atoms with Crippen molar-refractivity contribution in [1.29, 1.82) is 0 Å². The molecule has 0 bridgehead atoms. The number of aromatic nitrogens is 1. The molecule has 10 heavy (non-hydrogen) atoms. The van der Waals surface area contributed by atoms with Crippen molar-refractivity contribution in [2.75, 3.05) is 0 Å². The predicted octanol–water partition coefficient (Wildman–Crippen LogP) is 0.664. The molecular formula is C8H7NS. The molecule has 1 aromatic heterocycles. The summed E-state index contributed by atoms with van der Waals surface area (Å²) < 4.78 is 1.27. The molecule has 0 amide bonds. The third kappa shape index (κ3) is 0.907. The summed E-state index contributed by atoms with van der Waals surface area (Å²) in [4.78, 5) is 4.21. The number of rotatable bonds is 0. The Labute approximate surface area is 63.0 Å². The van der Waals surface area contributed by atoms with E-state index in [2.05, 4.69) is 29.3 Å². The SMILES string of the molecule is C1=CCC=c2ncsc2=C1. The quantitative estimate of drug-likeness (QED) is 0.528. The summed E-state index contributed by atoms with van der Waals surface area (Å²) in [5.74, 6) is 0. The number of nitrogens with zero attached hydrogens (tertiary/aromatic N) is 1. The summed E-state index contributed by atoms with van der Waals surface area (Å²) in [6.07, 6.45) is 9.48. The number of hydrogen-bond donors (Lipinski definition) is 0. The molecule has 0 N–H and O–H groups in total. The molecule has 2 rings (SSSR count). The molecule has 1 heterocycles. The monoisotopic (exact) mass is 149 g/mol. The second-order valence-corrected chi connectivity index (χ2v) is 3.02. The topological polar surface area (TPSA) is 12.9 Å². The Hall–Kier alpha value is -0.890. The maximum atomic E-state index is 4.21. The van der Waals surface area contributed by atoms with Crippen molar-refractivity contribution in [2.45, 2.75) is 6.42 Å². The van der Waals surface area contributed by atoms with E-state index >= 15 is 0 Å². The van der Waals surface area contributed by atoms with Crippen LogP contribution >= 0.6 is 11.3 Å². The third-order valence-corrected chi connectivity index (χ3v) is 2.26. The van der Waals surface area contributed by atoms with Crippen LogP contribution in [0, 0.1) is 0 Å². The van der Waals surface area contributed by atoms with Gasteiger partial charge in [0.15, 0.2) is 0 Å². The van der Waals surface area contributed by atoms with E-state index in [0.717, 1.165) is 11.8 Å². The Balaban J connectivity index is 2.82. The van der Waals surface area contributed by atoms with E-state index in [0.29, 0.717) is 0 Å². The highest BCUT2D eigenvalue weighted by atomic mass is 32.1. The standard InChI is InChI=1S/C8H7NS/c1-2-4-7-8(5-3-1)10-6-9-7/h1,3-6H,2H2. The van der Waals surface area contributed by atoms with Crippen LogP contribution in [0.3, 0.4) is 0 Å². The van der Waals surface area contributed by atoms with E-state index in [9.17, 15) is 0 Å². The fourth-order valence-electron chi connectivity index (χ4n) is 0.956. The predicted molar refractivity (Wildman–Crippen MR) is 44.1 cm³/mol. The smallest absolute Gasteiger partial charge is 0.0805 e. The van der Waals surface area contributed by atoms with Gasteiger partial charge in [-0.2, -0.15) is 0 Å². The zero-order chi connectivity index (χ0) is 6.81. The Morgan fingerprint density at radius 2 is 2.50 bits per heavy atom. The lowest BCUT2D eigenvalue weighted by Crippen LogP contribution is -2.19. The number of allylic oxidation sites excluding steroid dienone is 2. The molecule has 0 saturated heterocycles. The van der Waals surface area contributed by atoms with Crippen molar-refractivity contribution in [3.63, 3.8) is 0 Å². The summed E-state index contributed by atoms with van der Waals surface area (Å²) in [6, 6.07) is 0. The Morgan fingerprint density at radius 1 is 1.50 bits per heavy atom. The third-order valence-electron chi connectivity index (χ3n) is 1.45. The highest BCUT2D eigenvalue weighted by Gasteiger charge is 1.88. The van der Waals surface area contributed by atoms with Gasteiger partial charge in [0.2, 0.25) is 0 Å². The lowest BCUT2D eigenvalue weighted by molar-refractivity contribution is 1.30. The van der Waals surface area contributed by atoms with E-state index in [1.807, 2.05) is 5.51 Å². The van der Waals surface area contributed by atoms with Crippen LogP contribution in [0.4, 0.5) is 0 Å². The lowest BCUT2D eigenvalue weighted by atomic mass is 10.4. The van der Waals surface area contributed by atoms with Crippen LogP contribution in [0.5, 0.6) is 0 Å². The largest absolute Gasteiger partial charge is 0.245 e. The first-order chi connectivity index (χ1) is 4.97. The van der Waals surface area contributed by atoms with Crippen molar-refractivity contribution in [2.24, 2.45) is 0 Å². The number of thiazole rings is 1. The van der Waals surface area contributed by atoms with Crippen LogP contribution < -0.4 is 9.88 Å².